The minimum absolute atomic E-state index is 0.0971. The number of carbonyl (C=O) groups excluding carboxylic acids is 2. The molecular weight excluding hydrogens is 694 g/mol. The number of amides is 2. The van der Waals surface area contributed by atoms with Crippen molar-refractivity contribution in [2.45, 2.75) is 37.6 Å². The Kier molecular flexibility index (Phi) is 9.05. The number of ether oxygens (including phenoxy) is 1. The number of aromatic nitrogens is 6. The molecule has 6 heterocycles. The first-order chi connectivity index (χ1) is 25.2. The smallest absolute Gasteiger partial charge is 0.365 e. The minimum Gasteiger partial charge on any atom is -0.365 e. The highest BCUT2D eigenvalue weighted by Gasteiger charge is 2.36. The molecule has 2 amide bonds. The Labute approximate surface area is 300 Å². The summed E-state index contributed by atoms with van der Waals surface area (Å²) in [5.74, 6) is -0.376. The topological polar surface area (TPSA) is 111 Å². The second-order valence-corrected chi connectivity index (χ2v) is 14.0. The predicted octanol–water partition coefficient (Wildman–Crippen LogP) is 6.03. The maximum Gasteiger partial charge on any atom is 0.417 e. The lowest BCUT2D eigenvalue weighted by molar-refractivity contribution is -0.149. The van der Waals surface area contributed by atoms with Crippen molar-refractivity contribution in [2.75, 3.05) is 32.8 Å². The van der Waals surface area contributed by atoms with Crippen LogP contribution in [0.25, 0.3) is 26.7 Å². The molecule has 2 aliphatic heterocycles. The SMILES string of the molecule is O=C(c1ccc(Cn2cc(-c3ccc(-c4ccccc4)s3)nn2)cc1)N1CCOC(C(=O)N2CCCC(c3nnc4ccc(C(F)(F)F)cn34)C2)C1. The van der Waals surface area contributed by atoms with Crippen LogP contribution in [-0.4, -0.2) is 90.1 Å². The third-order valence-corrected chi connectivity index (χ3v) is 10.6. The molecule has 2 saturated heterocycles. The number of pyridine rings is 1. The van der Waals surface area contributed by atoms with Gasteiger partial charge in [-0.2, -0.15) is 13.2 Å². The predicted molar refractivity (Wildman–Crippen MR) is 187 cm³/mol. The van der Waals surface area contributed by atoms with Crippen molar-refractivity contribution >= 4 is 28.8 Å². The highest BCUT2D eigenvalue weighted by Crippen LogP contribution is 2.34. The van der Waals surface area contributed by atoms with Gasteiger partial charge in [0.2, 0.25) is 0 Å². The van der Waals surface area contributed by atoms with Crippen LogP contribution in [0.1, 0.15) is 46.1 Å². The molecule has 2 atom stereocenters. The molecule has 8 rings (SSSR count). The van der Waals surface area contributed by atoms with Crippen molar-refractivity contribution in [1.82, 2.24) is 39.4 Å². The van der Waals surface area contributed by atoms with Crippen molar-refractivity contribution in [2.24, 2.45) is 0 Å². The molecule has 2 aliphatic rings. The third kappa shape index (κ3) is 6.93. The number of hydrogen-bond acceptors (Lipinski definition) is 8. The third-order valence-electron chi connectivity index (χ3n) is 9.48. The van der Waals surface area contributed by atoms with E-state index in [1.54, 1.807) is 38.0 Å². The summed E-state index contributed by atoms with van der Waals surface area (Å²) in [5.41, 5.74) is 2.92. The summed E-state index contributed by atoms with van der Waals surface area (Å²) in [6, 6.07) is 23.9. The normalized spacial score (nSPS) is 18.2. The van der Waals surface area contributed by atoms with Gasteiger partial charge >= 0.3 is 6.18 Å². The minimum atomic E-state index is -4.50. The van der Waals surface area contributed by atoms with Crippen molar-refractivity contribution in [1.29, 1.82) is 0 Å². The van der Waals surface area contributed by atoms with E-state index < -0.39 is 17.8 Å². The number of morpholine rings is 1. The van der Waals surface area contributed by atoms with Gasteiger partial charge in [-0.05, 0) is 60.4 Å². The van der Waals surface area contributed by atoms with E-state index in [9.17, 15) is 22.8 Å². The Morgan fingerprint density at radius 2 is 1.65 bits per heavy atom. The average molecular weight is 727 g/mol. The molecule has 2 aromatic carbocycles. The quantitative estimate of drug-likeness (QED) is 0.198. The number of likely N-dealkylation sites (tertiary alicyclic amines) is 1. The zero-order chi connectivity index (χ0) is 35.8. The fourth-order valence-electron chi connectivity index (χ4n) is 6.77. The number of rotatable bonds is 7. The van der Waals surface area contributed by atoms with Gasteiger partial charge in [0.15, 0.2) is 11.8 Å². The number of carbonyl (C=O) groups is 2. The number of halogens is 3. The van der Waals surface area contributed by atoms with Gasteiger partial charge in [0.05, 0.1) is 36.3 Å². The molecule has 2 unspecified atom stereocenters. The van der Waals surface area contributed by atoms with Crippen LogP contribution < -0.4 is 0 Å². The largest absolute Gasteiger partial charge is 0.417 e. The van der Waals surface area contributed by atoms with Crippen LogP contribution in [0.5, 0.6) is 0 Å². The highest BCUT2D eigenvalue weighted by molar-refractivity contribution is 7.18. The lowest BCUT2D eigenvalue weighted by Gasteiger charge is -2.38. The number of thiophene rings is 1. The van der Waals surface area contributed by atoms with Crippen LogP contribution in [0.4, 0.5) is 13.2 Å². The molecule has 0 aliphatic carbocycles. The zero-order valence-electron chi connectivity index (χ0n) is 27.8. The molecule has 2 fully saturated rings. The van der Waals surface area contributed by atoms with Gasteiger partial charge in [-0.1, -0.05) is 47.7 Å². The number of fused-ring (bicyclic) bond motifs is 1. The number of hydrogen-bond donors (Lipinski definition) is 0. The van der Waals surface area contributed by atoms with Crippen molar-refractivity contribution in [3.8, 4) is 21.0 Å². The first-order valence-electron chi connectivity index (χ1n) is 17.0. The monoisotopic (exact) mass is 726 g/mol. The van der Waals surface area contributed by atoms with E-state index in [4.69, 9.17) is 4.74 Å². The van der Waals surface area contributed by atoms with Crippen LogP contribution in [0, 0.1) is 0 Å². The Morgan fingerprint density at radius 3 is 2.46 bits per heavy atom. The Balaban J connectivity index is 0.883. The summed E-state index contributed by atoms with van der Waals surface area (Å²) in [4.78, 5) is 32.7. The van der Waals surface area contributed by atoms with E-state index >= 15 is 0 Å². The van der Waals surface area contributed by atoms with E-state index in [1.807, 2.05) is 42.6 Å². The second-order valence-electron chi connectivity index (χ2n) is 13.0. The van der Waals surface area contributed by atoms with Crippen LogP contribution in [0.15, 0.2) is 91.3 Å². The van der Waals surface area contributed by atoms with Gasteiger partial charge in [-0.15, -0.1) is 26.6 Å². The summed E-state index contributed by atoms with van der Waals surface area (Å²) in [6.07, 6.45) is -1.15. The standard InChI is InChI=1S/C37H33F3N8O3S/c38-37(39,40)28-12-15-33-42-43-34(48(33)21-28)27-7-4-16-45(20-27)36(50)30-23-46(17-18-51-30)35(49)26-10-8-24(9-11-26)19-47-22-29(41-44-47)32-14-13-31(52-32)25-5-2-1-3-6-25/h1-3,5-6,8-15,21-22,27,30H,4,7,16-20,23H2. The lowest BCUT2D eigenvalue weighted by Crippen LogP contribution is -2.54. The van der Waals surface area contributed by atoms with Crippen molar-refractivity contribution in [3.63, 3.8) is 0 Å². The first-order valence-corrected chi connectivity index (χ1v) is 17.8. The summed E-state index contributed by atoms with van der Waals surface area (Å²) < 4.78 is 49.2. The van der Waals surface area contributed by atoms with Gasteiger partial charge in [0.1, 0.15) is 11.5 Å². The molecule has 52 heavy (non-hydrogen) atoms. The molecule has 11 nitrogen and oxygen atoms in total. The zero-order valence-corrected chi connectivity index (χ0v) is 28.6. The molecule has 4 aromatic heterocycles. The van der Waals surface area contributed by atoms with Gasteiger partial charge in [0, 0.05) is 42.2 Å². The summed E-state index contributed by atoms with van der Waals surface area (Å²) in [5, 5.41) is 16.9. The molecule has 0 bridgehead atoms. The Bertz CT molecular complexity index is 2220. The number of nitrogens with zero attached hydrogens (tertiary/aromatic N) is 8. The molecule has 0 N–H and O–H groups in total. The lowest BCUT2D eigenvalue weighted by atomic mass is 9.96. The summed E-state index contributed by atoms with van der Waals surface area (Å²) in [7, 11) is 0. The second kappa shape index (κ2) is 14.0. The maximum atomic E-state index is 13.7. The molecule has 6 aromatic rings. The van der Waals surface area contributed by atoms with Gasteiger partial charge in [-0.25, -0.2) is 4.68 Å². The van der Waals surface area contributed by atoms with E-state index in [2.05, 4.69) is 38.7 Å². The molecule has 266 valence electrons. The van der Waals surface area contributed by atoms with Crippen LogP contribution in [0.2, 0.25) is 0 Å². The van der Waals surface area contributed by atoms with E-state index in [0.29, 0.717) is 49.5 Å². The van der Waals surface area contributed by atoms with Crippen molar-refractivity contribution in [3.05, 3.63) is 114 Å². The van der Waals surface area contributed by atoms with Gasteiger partial charge in [0.25, 0.3) is 11.8 Å². The average Bonchev–Trinajstić information content (AvgIpc) is 3.95. The van der Waals surface area contributed by atoms with Crippen LogP contribution >= 0.6 is 11.3 Å². The van der Waals surface area contributed by atoms with Crippen LogP contribution in [0.3, 0.4) is 0 Å². The maximum absolute atomic E-state index is 13.7. The van der Waals surface area contributed by atoms with E-state index in [0.717, 1.165) is 38.8 Å². The Morgan fingerprint density at radius 1 is 0.846 bits per heavy atom. The summed E-state index contributed by atoms with van der Waals surface area (Å²) >= 11 is 1.66. The number of benzene rings is 2. The first kappa shape index (κ1) is 33.7. The number of piperidine rings is 1. The molecular formula is C37H33F3N8O3S. The van der Waals surface area contributed by atoms with Gasteiger partial charge < -0.3 is 14.5 Å². The molecule has 0 spiro atoms. The molecule has 0 radical (unpaired) electrons. The molecule has 0 saturated carbocycles. The van der Waals surface area contributed by atoms with Crippen LogP contribution in [-0.2, 0) is 22.3 Å². The fourth-order valence-corrected chi connectivity index (χ4v) is 7.73. The van der Waals surface area contributed by atoms with Gasteiger partial charge in [-0.3, -0.25) is 14.0 Å². The number of alkyl halides is 3. The highest BCUT2D eigenvalue weighted by atomic mass is 32.1. The van der Waals surface area contributed by atoms with E-state index in [1.165, 1.54) is 10.5 Å². The Hall–Kier alpha value is -5.41. The summed E-state index contributed by atoms with van der Waals surface area (Å²) in [6.45, 7) is 1.87. The fraction of sp³-hybridized carbons (Fsp3) is 0.297. The van der Waals surface area contributed by atoms with E-state index in [-0.39, 0.29) is 37.4 Å². The molecule has 15 heteroatoms. The van der Waals surface area contributed by atoms with Crippen molar-refractivity contribution < 1.29 is 27.5 Å².